The van der Waals surface area contributed by atoms with Crippen molar-refractivity contribution in [1.29, 1.82) is 0 Å². The van der Waals surface area contributed by atoms with E-state index in [-0.39, 0.29) is 5.91 Å². The van der Waals surface area contributed by atoms with E-state index in [1.165, 1.54) is 75.5 Å². The molecule has 0 spiro atoms. The highest BCUT2D eigenvalue weighted by atomic mass is 32.2. The number of nitrogens with zero attached hydrogens (tertiary/aromatic N) is 1. The summed E-state index contributed by atoms with van der Waals surface area (Å²) in [5.41, 5.74) is 2.60. The predicted octanol–water partition coefficient (Wildman–Crippen LogP) is 9.39. The van der Waals surface area contributed by atoms with Crippen LogP contribution >= 0.6 is 11.8 Å². The zero-order valence-corrected chi connectivity index (χ0v) is 23.8. The van der Waals surface area contributed by atoms with Gasteiger partial charge >= 0.3 is 0 Å². The first kappa shape index (κ1) is 29.2. The van der Waals surface area contributed by atoms with E-state index in [9.17, 15) is 4.79 Å². The molecule has 1 heterocycles. The molecule has 1 aliphatic rings. The highest BCUT2D eigenvalue weighted by Crippen LogP contribution is 2.26. The van der Waals surface area contributed by atoms with Gasteiger partial charge in [0.2, 0.25) is 0 Å². The van der Waals surface area contributed by atoms with Crippen LogP contribution in [0.5, 0.6) is 5.75 Å². The molecule has 4 nitrogen and oxygen atoms in total. The standard InChI is InChI=1S/C32H46N2O2S/c1-3-4-5-6-7-8-9-10-11-12-13-14-22-36-31-20-18-30(19-21-31)33-32(35)29-17-15-16-28(23-29)25-34-24-27(2)37-26-34/h15-21,23-24H,3-14,22,25-26H2,1-2H3,(H,33,35). The third kappa shape index (κ3) is 11.7. The predicted molar refractivity (Wildman–Crippen MR) is 159 cm³/mol. The third-order valence-corrected chi connectivity index (χ3v) is 7.80. The van der Waals surface area contributed by atoms with Crippen molar-refractivity contribution < 1.29 is 9.53 Å². The Hall–Kier alpha value is -2.40. The minimum atomic E-state index is -0.0884. The number of allylic oxidation sites excluding steroid dienone is 1. The molecule has 2 aromatic carbocycles. The molecule has 0 aromatic heterocycles. The van der Waals surface area contributed by atoms with Gasteiger partial charge in [-0.2, -0.15) is 0 Å². The van der Waals surface area contributed by atoms with Crippen LogP contribution in [0.25, 0.3) is 0 Å². The van der Waals surface area contributed by atoms with Gasteiger partial charge in [0.15, 0.2) is 0 Å². The van der Waals surface area contributed by atoms with Crippen LogP contribution in [0.1, 0.15) is 107 Å². The Bertz CT molecular complexity index is 958. The fourth-order valence-electron chi connectivity index (χ4n) is 4.62. The summed E-state index contributed by atoms with van der Waals surface area (Å²) in [5.74, 6) is 1.74. The molecule has 0 unspecified atom stereocenters. The minimum Gasteiger partial charge on any atom is -0.494 e. The maximum absolute atomic E-state index is 12.8. The zero-order valence-electron chi connectivity index (χ0n) is 23.0. The topological polar surface area (TPSA) is 41.6 Å². The van der Waals surface area contributed by atoms with E-state index in [1.54, 1.807) is 0 Å². The number of ether oxygens (including phenoxy) is 1. The molecule has 0 bridgehead atoms. The van der Waals surface area contributed by atoms with E-state index in [0.717, 1.165) is 42.4 Å². The van der Waals surface area contributed by atoms with Crippen LogP contribution in [0.4, 0.5) is 5.69 Å². The lowest BCUT2D eigenvalue weighted by Crippen LogP contribution is -2.15. The Morgan fingerprint density at radius 3 is 2.16 bits per heavy atom. The van der Waals surface area contributed by atoms with Crippen LogP contribution in [-0.2, 0) is 6.54 Å². The van der Waals surface area contributed by atoms with Crippen molar-refractivity contribution >= 4 is 23.4 Å². The maximum atomic E-state index is 12.8. The monoisotopic (exact) mass is 522 g/mol. The molecule has 2 aromatic rings. The van der Waals surface area contributed by atoms with Crippen molar-refractivity contribution in [3.05, 3.63) is 70.8 Å². The number of thioether (sulfide) groups is 1. The van der Waals surface area contributed by atoms with Crippen LogP contribution in [0, 0.1) is 0 Å². The highest BCUT2D eigenvalue weighted by molar-refractivity contribution is 8.03. The van der Waals surface area contributed by atoms with E-state index >= 15 is 0 Å². The molecule has 0 saturated heterocycles. The van der Waals surface area contributed by atoms with Crippen LogP contribution in [0.15, 0.2) is 59.6 Å². The van der Waals surface area contributed by atoms with Crippen LogP contribution in [0.2, 0.25) is 0 Å². The summed E-state index contributed by atoms with van der Waals surface area (Å²) in [6, 6.07) is 15.6. The van der Waals surface area contributed by atoms with Crippen molar-refractivity contribution in [2.45, 2.75) is 97.4 Å². The normalized spacial score (nSPS) is 13.0. The number of carbonyl (C=O) groups excluding carboxylic acids is 1. The molecule has 5 heteroatoms. The zero-order chi connectivity index (χ0) is 26.1. The lowest BCUT2D eigenvalue weighted by molar-refractivity contribution is 0.102. The number of anilines is 1. The number of nitrogens with one attached hydrogen (secondary N) is 1. The van der Waals surface area contributed by atoms with Crippen molar-refractivity contribution in [2.24, 2.45) is 0 Å². The Labute approximate surface area is 229 Å². The molecule has 3 rings (SSSR count). The third-order valence-electron chi connectivity index (χ3n) is 6.78. The number of amides is 1. The van der Waals surface area contributed by atoms with Gasteiger partial charge in [0.05, 0.1) is 12.5 Å². The molecule has 0 atom stereocenters. The fourth-order valence-corrected chi connectivity index (χ4v) is 5.38. The number of benzene rings is 2. The van der Waals surface area contributed by atoms with Crippen molar-refractivity contribution in [1.82, 2.24) is 4.90 Å². The summed E-state index contributed by atoms with van der Waals surface area (Å²) in [7, 11) is 0. The van der Waals surface area contributed by atoms with Gasteiger partial charge in [-0.1, -0.05) is 89.7 Å². The molecule has 0 aliphatic carbocycles. The van der Waals surface area contributed by atoms with Gasteiger partial charge in [0, 0.05) is 24.0 Å². The largest absolute Gasteiger partial charge is 0.494 e. The number of carbonyl (C=O) groups is 1. The Kier molecular flexibility index (Phi) is 13.5. The second kappa shape index (κ2) is 17.2. The summed E-state index contributed by atoms with van der Waals surface area (Å²) in [6.07, 6.45) is 18.3. The smallest absolute Gasteiger partial charge is 0.255 e. The van der Waals surface area contributed by atoms with E-state index < -0.39 is 0 Å². The van der Waals surface area contributed by atoms with E-state index in [4.69, 9.17) is 4.74 Å². The number of hydrogen-bond donors (Lipinski definition) is 1. The fraction of sp³-hybridized carbons (Fsp3) is 0.531. The summed E-state index contributed by atoms with van der Waals surface area (Å²) in [5, 5.41) is 3.01. The first-order chi connectivity index (χ1) is 18.1. The van der Waals surface area contributed by atoms with E-state index in [2.05, 4.69) is 36.3 Å². The summed E-state index contributed by atoms with van der Waals surface area (Å²) in [4.78, 5) is 16.4. The van der Waals surface area contributed by atoms with Crippen LogP contribution < -0.4 is 10.1 Å². The SMILES string of the molecule is CCCCCCCCCCCCCCOc1ccc(NC(=O)c2cccc(CN3C=C(C)SC3)c2)cc1. The molecule has 0 radical (unpaired) electrons. The summed E-state index contributed by atoms with van der Waals surface area (Å²) < 4.78 is 5.91. The lowest BCUT2D eigenvalue weighted by Gasteiger charge is -2.15. The summed E-state index contributed by atoms with van der Waals surface area (Å²) >= 11 is 1.85. The molecule has 0 saturated carbocycles. The molecule has 1 aliphatic heterocycles. The Balaban J connectivity index is 1.27. The molecular weight excluding hydrogens is 476 g/mol. The molecule has 1 amide bonds. The quantitative estimate of drug-likeness (QED) is 0.198. The van der Waals surface area contributed by atoms with Gasteiger partial charge < -0.3 is 15.0 Å². The Morgan fingerprint density at radius 1 is 0.892 bits per heavy atom. The molecule has 202 valence electrons. The first-order valence-electron chi connectivity index (χ1n) is 14.3. The molecule has 37 heavy (non-hydrogen) atoms. The van der Waals surface area contributed by atoms with Gasteiger partial charge in [0.1, 0.15) is 5.75 Å². The average molecular weight is 523 g/mol. The van der Waals surface area contributed by atoms with Gasteiger partial charge in [-0.15, -0.1) is 11.8 Å². The van der Waals surface area contributed by atoms with Gasteiger partial charge in [0.25, 0.3) is 5.91 Å². The lowest BCUT2D eigenvalue weighted by atomic mass is 10.1. The van der Waals surface area contributed by atoms with Crippen LogP contribution in [0.3, 0.4) is 0 Å². The molecular formula is C32H46N2O2S. The van der Waals surface area contributed by atoms with Gasteiger partial charge in [-0.05, 0) is 60.2 Å². The molecule has 0 fully saturated rings. The van der Waals surface area contributed by atoms with Crippen LogP contribution in [-0.4, -0.2) is 23.3 Å². The molecule has 1 N–H and O–H groups in total. The number of hydrogen-bond acceptors (Lipinski definition) is 4. The van der Waals surface area contributed by atoms with Crippen molar-refractivity contribution in [3.8, 4) is 5.75 Å². The van der Waals surface area contributed by atoms with Crippen molar-refractivity contribution in [2.75, 3.05) is 17.8 Å². The minimum absolute atomic E-state index is 0.0884. The number of rotatable bonds is 18. The van der Waals surface area contributed by atoms with E-state index in [1.807, 2.05) is 54.2 Å². The van der Waals surface area contributed by atoms with Gasteiger partial charge in [-0.25, -0.2) is 0 Å². The first-order valence-corrected chi connectivity index (χ1v) is 15.3. The Morgan fingerprint density at radius 2 is 1.54 bits per heavy atom. The van der Waals surface area contributed by atoms with E-state index in [0.29, 0.717) is 5.56 Å². The maximum Gasteiger partial charge on any atom is 0.255 e. The average Bonchev–Trinajstić information content (AvgIpc) is 3.32. The second-order valence-corrected chi connectivity index (χ2v) is 11.4. The van der Waals surface area contributed by atoms with Gasteiger partial charge in [-0.3, -0.25) is 4.79 Å². The number of unbranched alkanes of at least 4 members (excludes halogenated alkanes) is 11. The second-order valence-electron chi connectivity index (χ2n) is 10.2. The van der Waals surface area contributed by atoms with Crippen molar-refractivity contribution in [3.63, 3.8) is 0 Å². The summed E-state index contributed by atoms with van der Waals surface area (Å²) in [6.45, 7) is 5.97. The highest BCUT2D eigenvalue weighted by Gasteiger charge is 2.12.